The van der Waals surface area contributed by atoms with E-state index in [1.165, 1.54) is 36.3 Å². The number of ether oxygens (including phenoxy) is 1. The van der Waals surface area contributed by atoms with Crippen LogP contribution in [-0.4, -0.2) is 28.8 Å². The lowest BCUT2D eigenvalue weighted by atomic mass is 9.92. The van der Waals surface area contributed by atoms with E-state index in [1.807, 2.05) is 0 Å². The molecule has 0 saturated carbocycles. The molecule has 0 bridgehead atoms. The lowest BCUT2D eigenvalue weighted by Crippen LogP contribution is -2.31. The third kappa shape index (κ3) is 4.09. The number of carbonyl (C=O) groups excluding carboxylic acids is 2. The maximum atomic E-state index is 13.5. The first-order valence-corrected chi connectivity index (χ1v) is 10.6. The molecule has 1 aliphatic heterocycles. The molecule has 0 fully saturated rings. The molecule has 1 amide bonds. The summed E-state index contributed by atoms with van der Waals surface area (Å²) >= 11 is 12.3. The predicted molar refractivity (Wildman–Crippen MR) is 127 cm³/mol. The number of nitrogens with zero attached hydrogens (tertiary/aromatic N) is 2. The maximum absolute atomic E-state index is 13.5. The van der Waals surface area contributed by atoms with Gasteiger partial charge < -0.3 is 9.84 Å². The predicted octanol–water partition coefficient (Wildman–Crippen LogP) is 5.69. The van der Waals surface area contributed by atoms with Crippen molar-refractivity contribution in [1.82, 2.24) is 0 Å². The molecule has 3 aromatic rings. The summed E-state index contributed by atoms with van der Waals surface area (Å²) in [4.78, 5) is 38.5. The second-order valence-electron chi connectivity index (χ2n) is 7.35. The Kier molecular flexibility index (Phi) is 6.28. The minimum Gasteiger partial charge on any atom is -0.503 e. The summed E-state index contributed by atoms with van der Waals surface area (Å²) in [6, 6.07) is 15.1. The normalized spacial score (nSPS) is 15.6. The van der Waals surface area contributed by atoms with Crippen molar-refractivity contribution in [3.05, 3.63) is 109 Å². The molecular formula is C24H16Cl2N2O6. The number of benzene rings is 3. The van der Waals surface area contributed by atoms with E-state index in [-0.39, 0.29) is 21.8 Å². The van der Waals surface area contributed by atoms with Gasteiger partial charge in [-0.15, -0.1) is 0 Å². The summed E-state index contributed by atoms with van der Waals surface area (Å²) in [7, 11) is 1.45. The molecule has 172 valence electrons. The van der Waals surface area contributed by atoms with Crippen LogP contribution in [0.25, 0.3) is 0 Å². The van der Waals surface area contributed by atoms with E-state index in [2.05, 4.69) is 0 Å². The quantitative estimate of drug-likeness (QED) is 0.265. The zero-order chi connectivity index (χ0) is 24.6. The van der Waals surface area contributed by atoms with E-state index in [9.17, 15) is 24.8 Å². The first-order chi connectivity index (χ1) is 16.2. The van der Waals surface area contributed by atoms with E-state index < -0.39 is 28.4 Å². The number of aliphatic hydroxyl groups is 1. The zero-order valence-electron chi connectivity index (χ0n) is 17.6. The van der Waals surface area contributed by atoms with Crippen LogP contribution < -0.4 is 9.64 Å². The smallest absolute Gasteiger partial charge is 0.294 e. The van der Waals surface area contributed by atoms with Crippen molar-refractivity contribution >= 4 is 46.3 Å². The van der Waals surface area contributed by atoms with Gasteiger partial charge >= 0.3 is 0 Å². The molecule has 0 saturated heterocycles. The van der Waals surface area contributed by atoms with Crippen LogP contribution in [0.1, 0.15) is 22.0 Å². The van der Waals surface area contributed by atoms with Crippen LogP contribution in [0.2, 0.25) is 10.0 Å². The number of hydrogen-bond donors (Lipinski definition) is 1. The molecule has 8 nitrogen and oxygen atoms in total. The Hall–Kier alpha value is -3.88. The van der Waals surface area contributed by atoms with Crippen molar-refractivity contribution in [3.63, 3.8) is 0 Å². The molecule has 1 heterocycles. The number of nitro groups is 1. The average Bonchev–Trinajstić information content (AvgIpc) is 3.09. The third-order valence-electron chi connectivity index (χ3n) is 5.37. The van der Waals surface area contributed by atoms with E-state index in [1.54, 1.807) is 36.4 Å². The fourth-order valence-corrected chi connectivity index (χ4v) is 4.16. The zero-order valence-corrected chi connectivity index (χ0v) is 19.1. The monoisotopic (exact) mass is 498 g/mol. The highest BCUT2D eigenvalue weighted by molar-refractivity contribution is 6.32. The second kappa shape index (κ2) is 9.17. The van der Waals surface area contributed by atoms with Gasteiger partial charge in [0.05, 0.1) is 28.7 Å². The van der Waals surface area contributed by atoms with Crippen LogP contribution in [0, 0.1) is 10.1 Å². The van der Waals surface area contributed by atoms with Crippen molar-refractivity contribution in [2.75, 3.05) is 12.0 Å². The number of halogens is 2. The molecule has 1 unspecified atom stereocenters. The van der Waals surface area contributed by atoms with E-state index in [4.69, 9.17) is 27.9 Å². The number of ketones is 1. The van der Waals surface area contributed by atoms with Crippen molar-refractivity contribution in [2.45, 2.75) is 6.04 Å². The SMILES string of the molecule is COc1ccc(N2C(=O)C(O)=C(C(=O)c3cccc([N+](=O)[O-])c3)C2c2ccc(Cl)cc2)cc1Cl. The largest absolute Gasteiger partial charge is 0.503 e. The molecule has 10 heteroatoms. The van der Waals surface area contributed by atoms with Crippen molar-refractivity contribution in [3.8, 4) is 5.75 Å². The molecule has 1 aliphatic rings. The summed E-state index contributed by atoms with van der Waals surface area (Å²) in [5.74, 6) is -1.93. The number of aliphatic hydroxyl groups excluding tert-OH is 1. The van der Waals surface area contributed by atoms with Gasteiger partial charge in [-0.2, -0.15) is 0 Å². The van der Waals surface area contributed by atoms with Gasteiger partial charge in [0.2, 0.25) is 0 Å². The van der Waals surface area contributed by atoms with Gasteiger partial charge in [-0.05, 0) is 35.9 Å². The van der Waals surface area contributed by atoms with Crippen LogP contribution in [-0.2, 0) is 4.79 Å². The lowest BCUT2D eigenvalue weighted by molar-refractivity contribution is -0.384. The van der Waals surface area contributed by atoms with Gasteiger partial charge in [0.1, 0.15) is 5.75 Å². The fourth-order valence-electron chi connectivity index (χ4n) is 3.79. The van der Waals surface area contributed by atoms with Crippen LogP contribution in [0.3, 0.4) is 0 Å². The summed E-state index contributed by atoms with van der Waals surface area (Å²) in [6.45, 7) is 0. The number of non-ortho nitro benzene ring substituents is 1. The number of carbonyl (C=O) groups is 2. The van der Waals surface area contributed by atoms with E-state index in [0.29, 0.717) is 22.0 Å². The Labute approximate surface area is 203 Å². The average molecular weight is 499 g/mol. The van der Waals surface area contributed by atoms with Crippen molar-refractivity contribution in [2.24, 2.45) is 0 Å². The standard InChI is InChI=1S/C24H16Cl2N2O6/c1-34-19-10-9-16(12-18(19)26)27-21(13-5-7-15(25)8-6-13)20(23(30)24(27)31)22(29)14-3-2-4-17(11-14)28(32)33/h2-12,21,30H,1H3. The van der Waals surface area contributed by atoms with Crippen LogP contribution in [0.15, 0.2) is 78.1 Å². The van der Waals surface area contributed by atoms with Gasteiger partial charge in [-0.3, -0.25) is 24.6 Å². The third-order valence-corrected chi connectivity index (χ3v) is 5.92. The number of nitro benzene ring substituents is 1. The Balaban J connectivity index is 1.87. The topological polar surface area (TPSA) is 110 Å². The highest BCUT2D eigenvalue weighted by atomic mass is 35.5. The molecule has 34 heavy (non-hydrogen) atoms. The Morgan fingerprint density at radius 3 is 2.41 bits per heavy atom. The molecule has 0 aromatic heterocycles. The molecule has 1 atom stereocenters. The van der Waals surface area contributed by atoms with Gasteiger partial charge in [-0.25, -0.2) is 0 Å². The van der Waals surface area contributed by atoms with Gasteiger partial charge in [0, 0.05) is 28.4 Å². The summed E-state index contributed by atoms with van der Waals surface area (Å²) in [5.41, 5.74) is 0.237. The van der Waals surface area contributed by atoms with Crippen molar-refractivity contribution in [1.29, 1.82) is 0 Å². The van der Waals surface area contributed by atoms with Gasteiger partial charge in [0.25, 0.3) is 11.6 Å². The van der Waals surface area contributed by atoms with Gasteiger partial charge in [-0.1, -0.05) is 47.5 Å². The van der Waals surface area contributed by atoms with E-state index in [0.717, 1.165) is 6.07 Å². The highest BCUT2D eigenvalue weighted by Crippen LogP contribution is 2.43. The number of hydrogen-bond acceptors (Lipinski definition) is 6. The first-order valence-electron chi connectivity index (χ1n) is 9.87. The Morgan fingerprint density at radius 2 is 1.79 bits per heavy atom. The highest BCUT2D eigenvalue weighted by Gasteiger charge is 2.45. The summed E-state index contributed by atoms with van der Waals surface area (Å²) in [6.07, 6.45) is 0. The van der Waals surface area contributed by atoms with E-state index >= 15 is 0 Å². The summed E-state index contributed by atoms with van der Waals surface area (Å²) < 4.78 is 5.16. The number of anilines is 1. The molecule has 3 aromatic carbocycles. The molecule has 0 aliphatic carbocycles. The Morgan fingerprint density at radius 1 is 1.09 bits per heavy atom. The first kappa shape index (κ1) is 23.3. The number of amides is 1. The molecular weight excluding hydrogens is 483 g/mol. The Bertz CT molecular complexity index is 1350. The fraction of sp³-hybridized carbons (Fsp3) is 0.0833. The maximum Gasteiger partial charge on any atom is 0.294 e. The molecule has 0 radical (unpaired) electrons. The minimum absolute atomic E-state index is 0.0443. The molecule has 0 spiro atoms. The lowest BCUT2D eigenvalue weighted by Gasteiger charge is -2.27. The van der Waals surface area contributed by atoms with Crippen LogP contribution in [0.4, 0.5) is 11.4 Å². The molecule has 4 rings (SSSR count). The van der Waals surface area contributed by atoms with Gasteiger partial charge in [0.15, 0.2) is 11.5 Å². The molecule has 1 N–H and O–H groups in total. The van der Waals surface area contributed by atoms with Crippen molar-refractivity contribution < 1.29 is 24.4 Å². The number of methoxy groups -OCH3 is 1. The number of Topliss-reactive ketones (excluding diaryl/α,β-unsaturated/α-hetero) is 1. The minimum atomic E-state index is -1.04. The second-order valence-corrected chi connectivity index (χ2v) is 8.19. The summed E-state index contributed by atoms with van der Waals surface area (Å²) in [5, 5.41) is 22.7. The van der Waals surface area contributed by atoms with Crippen LogP contribution >= 0.6 is 23.2 Å². The number of rotatable bonds is 6. The van der Waals surface area contributed by atoms with Crippen LogP contribution in [0.5, 0.6) is 5.75 Å².